The number of primary amides is 1. The number of carbonyl (C=O) groups is 11. The average molecular weight is 1270 g/mol. The minimum Gasteiger partial charge on any atom is -0.480 e. The first-order valence-corrected chi connectivity index (χ1v) is 29.8. The number of benzene rings is 2. The largest absolute Gasteiger partial charge is 0.480 e. The molecule has 0 aliphatic carbocycles. The maximum atomic E-state index is 14.7. The van der Waals surface area contributed by atoms with Crippen LogP contribution in [0.3, 0.4) is 0 Å². The lowest BCUT2D eigenvalue weighted by Crippen LogP contribution is -2.62. The summed E-state index contributed by atoms with van der Waals surface area (Å²) < 4.78 is 0. The van der Waals surface area contributed by atoms with Crippen LogP contribution >= 0.6 is 0 Å². The number of para-hydroxylation sites is 1. The van der Waals surface area contributed by atoms with E-state index in [9.17, 15) is 73.2 Å². The van der Waals surface area contributed by atoms with Crippen molar-refractivity contribution in [3.8, 4) is 0 Å². The monoisotopic (exact) mass is 1260 g/mol. The van der Waals surface area contributed by atoms with Crippen molar-refractivity contribution in [3.05, 3.63) is 71.9 Å². The summed E-state index contributed by atoms with van der Waals surface area (Å²) in [5.74, 6) is -12.0. The third-order valence-electron chi connectivity index (χ3n) is 14.2. The molecule has 0 saturated heterocycles. The Morgan fingerprint density at radius 1 is 0.522 bits per heavy atom. The SMILES string of the molecule is CC(C)C[C@H](NC(=O)[C@H](CO)NC(=O)[C@H](CCC(N)=O)NC(=O)[C@@H](NC(=O)[C@H](Cc1c[nH]c2ccccc12)NC(=O)[C@H](CC(C)C)NC(=O)[C@H](Cc1ccccc1)NC(=O)[C@H](CO)NC(=O)[C@@H](N)CCCCN)[C@@H](C)O)C(=O)N[C@@H](CCCN=C(N)N)C(=O)O. The smallest absolute Gasteiger partial charge is 0.326 e. The lowest BCUT2D eigenvalue weighted by molar-refractivity contribution is -0.142. The molecule has 2 aromatic carbocycles. The average Bonchev–Trinajstić information content (AvgIpc) is 2.30. The summed E-state index contributed by atoms with van der Waals surface area (Å²) in [5, 5.41) is 64.4. The van der Waals surface area contributed by atoms with Crippen LogP contribution in [0.15, 0.2) is 65.8 Å². The summed E-state index contributed by atoms with van der Waals surface area (Å²) in [7, 11) is 0. The van der Waals surface area contributed by atoms with Crippen LogP contribution in [-0.2, 0) is 65.6 Å². The molecule has 0 fully saturated rings. The van der Waals surface area contributed by atoms with Crippen molar-refractivity contribution >= 4 is 81.9 Å². The standard InChI is InChI=1S/C59H92N16O15/c1-31(2)24-41(51(82)68-40(58(89)90)19-13-23-65-59(63)64)70-56(87)46(30-77)74-50(81)39(20-21-47(62)79)67-57(88)48(33(5)78)75-54(85)44(27-35-28-66-38-18-10-9-16-36(35)38)72-52(83)42(25-32(3)4)69-53(84)43(26-34-14-7-6-8-15-34)71-55(86)45(29-76)73-49(80)37(61)17-11-12-22-60/h6-10,14-16,18,28,31-33,37,39-46,48,66,76-78H,11-13,17,19-27,29-30,60-61H2,1-5H3,(H2,62,79)(H,67,88)(H,68,82)(H,69,84)(H,70,87)(H,71,86)(H,72,83)(H,73,80)(H,74,81)(H,75,85)(H,89,90)(H4,63,64,65)/t33-,37+,39+,40+,41+,42+,43+,44+,45+,46+,48+/m1/s1. The number of carboxylic acid groups (broad SMARTS) is 1. The molecule has 0 bridgehead atoms. The van der Waals surface area contributed by atoms with E-state index in [0.717, 1.165) is 6.92 Å². The van der Waals surface area contributed by atoms with Gasteiger partial charge in [-0.15, -0.1) is 0 Å². The molecule has 3 rings (SSSR count). The van der Waals surface area contributed by atoms with Crippen LogP contribution in [0.5, 0.6) is 0 Å². The quantitative estimate of drug-likeness (QED) is 0.0145. The first-order valence-electron chi connectivity index (χ1n) is 29.8. The zero-order valence-electron chi connectivity index (χ0n) is 51.5. The van der Waals surface area contributed by atoms with Crippen molar-refractivity contribution in [3.63, 3.8) is 0 Å². The highest BCUT2D eigenvalue weighted by Gasteiger charge is 2.37. The number of hydrogen-bond acceptors (Lipinski definition) is 17. The van der Waals surface area contributed by atoms with E-state index in [0.29, 0.717) is 41.4 Å². The van der Waals surface area contributed by atoms with Gasteiger partial charge in [-0.2, -0.15) is 0 Å². The van der Waals surface area contributed by atoms with E-state index in [1.165, 1.54) is 0 Å². The van der Waals surface area contributed by atoms with Crippen LogP contribution in [-0.4, -0.2) is 189 Å². The third kappa shape index (κ3) is 26.1. The van der Waals surface area contributed by atoms with Gasteiger partial charge in [-0.05, 0) is 87.4 Å². The molecule has 11 atom stereocenters. The summed E-state index contributed by atoms with van der Waals surface area (Å²) in [6.45, 7) is 6.58. The van der Waals surface area contributed by atoms with Gasteiger partial charge in [0.15, 0.2) is 5.96 Å². The normalized spacial score (nSPS) is 14.9. The molecule has 498 valence electrons. The van der Waals surface area contributed by atoms with Gasteiger partial charge >= 0.3 is 5.97 Å². The molecule has 90 heavy (non-hydrogen) atoms. The molecule has 1 aromatic heterocycles. The maximum absolute atomic E-state index is 14.7. The van der Waals surface area contributed by atoms with Crippen molar-refractivity contribution in [1.82, 2.24) is 52.8 Å². The molecule has 10 amide bonds. The van der Waals surface area contributed by atoms with Crippen LogP contribution in [0.4, 0.5) is 0 Å². The van der Waals surface area contributed by atoms with Crippen LogP contribution in [0.25, 0.3) is 10.9 Å². The van der Waals surface area contributed by atoms with Crippen LogP contribution in [0.2, 0.25) is 0 Å². The van der Waals surface area contributed by atoms with E-state index >= 15 is 0 Å². The van der Waals surface area contributed by atoms with Gasteiger partial charge in [0.25, 0.3) is 0 Å². The number of fused-ring (bicyclic) bond motifs is 1. The van der Waals surface area contributed by atoms with E-state index in [2.05, 4.69) is 57.8 Å². The Morgan fingerprint density at radius 2 is 0.989 bits per heavy atom. The van der Waals surface area contributed by atoms with E-state index in [-0.39, 0.29) is 69.3 Å². The van der Waals surface area contributed by atoms with Gasteiger partial charge in [-0.3, -0.25) is 52.9 Å². The highest BCUT2D eigenvalue weighted by Crippen LogP contribution is 2.20. The van der Waals surface area contributed by atoms with Gasteiger partial charge in [0, 0.05) is 42.9 Å². The number of aliphatic hydroxyl groups excluding tert-OH is 3. The number of nitrogens with zero attached hydrogens (tertiary/aromatic N) is 1. The van der Waals surface area contributed by atoms with Crippen molar-refractivity contribution in [1.29, 1.82) is 0 Å². The molecule has 0 aliphatic heterocycles. The van der Waals surface area contributed by atoms with Gasteiger partial charge in [0.2, 0.25) is 59.1 Å². The number of aliphatic hydroxyl groups is 3. The van der Waals surface area contributed by atoms with Gasteiger partial charge in [-0.25, -0.2) is 4.79 Å². The molecule has 31 heteroatoms. The predicted molar refractivity (Wildman–Crippen MR) is 331 cm³/mol. The summed E-state index contributed by atoms with van der Waals surface area (Å²) >= 11 is 0. The van der Waals surface area contributed by atoms with Crippen LogP contribution < -0.4 is 76.5 Å². The van der Waals surface area contributed by atoms with Crippen LogP contribution in [0, 0.1) is 11.8 Å². The molecule has 0 radical (unpaired) electrons. The minimum absolute atomic E-state index is 0.0284. The fourth-order valence-corrected chi connectivity index (χ4v) is 9.37. The van der Waals surface area contributed by atoms with Crippen molar-refractivity contribution < 1.29 is 73.2 Å². The number of rotatable bonds is 41. The number of nitrogens with one attached hydrogen (secondary N) is 10. The Labute approximate surface area is 521 Å². The molecule has 3 aromatic rings. The zero-order valence-corrected chi connectivity index (χ0v) is 51.5. The number of guanidine groups is 1. The molecule has 0 spiro atoms. The number of aliphatic carboxylic acids is 1. The maximum Gasteiger partial charge on any atom is 0.326 e. The summed E-state index contributed by atoms with van der Waals surface area (Å²) in [5.41, 5.74) is 29.4. The molecule has 0 unspecified atom stereocenters. The fourth-order valence-electron chi connectivity index (χ4n) is 9.37. The number of carbonyl (C=O) groups excluding carboxylic acids is 10. The topological polar surface area (TPSA) is 535 Å². The first-order chi connectivity index (χ1) is 42.6. The number of carboxylic acids is 1. The third-order valence-corrected chi connectivity index (χ3v) is 14.2. The van der Waals surface area contributed by atoms with Crippen molar-refractivity contribution in [2.75, 3.05) is 26.3 Å². The second-order valence-electron chi connectivity index (χ2n) is 22.8. The Balaban J connectivity index is 1.95. The molecule has 0 aliphatic rings. The Bertz CT molecular complexity index is 2900. The van der Waals surface area contributed by atoms with Gasteiger partial charge in [0.05, 0.1) is 25.4 Å². The highest BCUT2D eigenvalue weighted by molar-refractivity contribution is 5.99. The van der Waals surface area contributed by atoms with Gasteiger partial charge < -0.3 is 102 Å². The zero-order chi connectivity index (χ0) is 67.2. The highest BCUT2D eigenvalue weighted by atomic mass is 16.4. The number of aromatic nitrogens is 1. The minimum atomic E-state index is -1.91. The number of hydrogen-bond donors (Lipinski definition) is 19. The van der Waals surface area contributed by atoms with Crippen molar-refractivity contribution in [2.24, 2.45) is 45.5 Å². The Kier molecular flexibility index (Phi) is 32.4. The number of unbranched alkanes of at least 4 members (excludes halogenated alkanes) is 1. The van der Waals surface area contributed by atoms with E-state index in [1.807, 2.05) is 0 Å². The summed E-state index contributed by atoms with van der Waals surface area (Å²) in [4.78, 5) is 157. The lowest BCUT2D eigenvalue weighted by atomic mass is 9.99. The molecular formula is C59H92N16O15. The predicted octanol–water partition coefficient (Wildman–Crippen LogP) is -4.37. The van der Waals surface area contributed by atoms with E-state index in [4.69, 9.17) is 28.7 Å². The van der Waals surface area contributed by atoms with Crippen molar-refractivity contribution in [2.45, 2.75) is 172 Å². The van der Waals surface area contributed by atoms with Crippen LogP contribution in [0.1, 0.15) is 104 Å². The lowest BCUT2D eigenvalue weighted by Gasteiger charge is -2.29. The second kappa shape index (κ2) is 38.6. The van der Waals surface area contributed by atoms with E-state index in [1.54, 1.807) is 88.5 Å². The Hall–Kier alpha value is -8.78. The van der Waals surface area contributed by atoms with Gasteiger partial charge in [-0.1, -0.05) is 82.6 Å². The molecular weight excluding hydrogens is 1170 g/mol. The number of nitrogens with two attached hydrogens (primary N) is 5. The Morgan fingerprint density at radius 3 is 1.51 bits per heavy atom. The molecule has 31 nitrogen and oxygen atoms in total. The number of aromatic amines is 1. The fraction of sp³-hybridized carbons (Fsp3) is 0.559. The second-order valence-corrected chi connectivity index (χ2v) is 22.8. The summed E-state index contributed by atoms with van der Waals surface area (Å²) in [6, 6.07) is 0.269. The number of aliphatic imine (C=N–C) groups is 1. The molecule has 24 N–H and O–H groups in total. The number of H-pyrrole nitrogens is 1. The summed E-state index contributed by atoms with van der Waals surface area (Å²) in [6.07, 6.45) is -0.191. The molecule has 0 saturated carbocycles. The molecule has 1 heterocycles. The number of amides is 10. The van der Waals surface area contributed by atoms with Gasteiger partial charge in [0.1, 0.15) is 54.4 Å². The first kappa shape index (κ1) is 75.5. The van der Waals surface area contributed by atoms with E-state index < -0.39 is 158 Å².